The Balaban J connectivity index is 1.75. The zero-order valence-corrected chi connectivity index (χ0v) is 16.8. The topological polar surface area (TPSA) is 57.1 Å². The van der Waals surface area contributed by atoms with Gasteiger partial charge in [0, 0.05) is 16.9 Å². The van der Waals surface area contributed by atoms with E-state index in [9.17, 15) is 4.79 Å². The van der Waals surface area contributed by atoms with Gasteiger partial charge >= 0.3 is 0 Å². The standard InChI is InChI=1S/C21H26N4OS/c1-3-4-13-27-21-23-20(26)18-16-7-5-6-8-17(16)22-19(25(18)24-21)15-11-9-14(2)10-12-15/h5-9,15,19H,3-4,10-13H2,1-2H3,(H,23,24,26)/t15-,19-/m1/s1. The molecule has 1 aliphatic carbocycles. The Kier molecular flexibility index (Phi) is 5.34. The highest BCUT2D eigenvalue weighted by Gasteiger charge is 2.37. The van der Waals surface area contributed by atoms with Crippen LogP contribution in [0.2, 0.25) is 0 Å². The average molecular weight is 383 g/mol. The van der Waals surface area contributed by atoms with Gasteiger partial charge in [-0.05, 0) is 38.7 Å². The molecule has 0 aromatic heterocycles. The lowest BCUT2D eigenvalue weighted by molar-refractivity contribution is -0.116. The van der Waals surface area contributed by atoms with E-state index in [2.05, 4.69) is 25.2 Å². The average Bonchev–Trinajstić information content (AvgIpc) is 2.68. The van der Waals surface area contributed by atoms with E-state index in [1.165, 1.54) is 5.57 Å². The van der Waals surface area contributed by atoms with Crippen LogP contribution in [0.3, 0.4) is 0 Å². The summed E-state index contributed by atoms with van der Waals surface area (Å²) in [6.45, 7) is 4.36. The highest BCUT2D eigenvalue weighted by Crippen LogP contribution is 2.33. The minimum atomic E-state index is -0.118. The quantitative estimate of drug-likeness (QED) is 0.643. The SMILES string of the molecule is CCCCSC1=NN2C(=c3ccccc3=N[C@H]2[C@@H]2CC=C(C)CC2)C(=O)N1. The van der Waals surface area contributed by atoms with Gasteiger partial charge in [-0.15, -0.1) is 5.10 Å². The Morgan fingerprint density at radius 2 is 2.19 bits per heavy atom. The number of hydrogen-bond donors (Lipinski definition) is 1. The Labute approximate surface area is 164 Å². The van der Waals surface area contributed by atoms with Crippen molar-refractivity contribution in [1.82, 2.24) is 10.3 Å². The van der Waals surface area contributed by atoms with Gasteiger partial charge in [0.2, 0.25) is 0 Å². The van der Waals surface area contributed by atoms with Crippen LogP contribution in [0.15, 0.2) is 46.0 Å². The molecule has 1 aromatic carbocycles. The molecule has 0 radical (unpaired) electrons. The molecule has 27 heavy (non-hydrogen) atoms. The second-order valence-corrected chi connectivity index (χ2v) is 8.48. The van der Waals surface area contributed by atoms with Crippen LogP contribution in [-0.2, 0) is 4.79 Å². The fourth-order valence-corrected chi connectivity index (χ4v) is 4.73. The lowest BCUT2D eigenvalue weighted by atomic mass is 9.87. The first-order chi connectivity index (χ1) is 13.2. The van der Waals surface area contributed by atoms with Gasteiger partial charge in [0.1, 0.15) is 11.9 Å². The Hall–Kier alpha value is -2.08. The summed E-state index contributed by atoms with van der Waals surface area (Å²) in [6, 6.07) is 7.90. The van der Waals surface area contributed by atoms with Crippen LogP contribution in [0.1, 0.15) is 46.0 Å². The fraction of sp³-hybridized carbons (Fsp3) is 0.476. The lowest BCUT2D eigenvalue weighted by Crippen LogP contribution is -2.54. The van der Waals surface area contributed by atoms with E-state index in [0.717, 1.165) is 48.4 Å². The number of thioether (sulfide) groups is 1. The highest BCUT2D eigenvalue weighted by molar-refractivity contribution is 8.13. The van der Waals surface area contributed by atoms with Gasteiger partial charge in [0.15, 0.2) is 5.17 Å². The molecule has 0 bridgehead atoms. The molecule has 1 amide bonds. The van der Waals surface area contributed by atoms with E-state index in [-0.39, 0.29) is 12.1 Å². The first-order valence-corrected chi connectivity index (χ1v) is 10.8. The molecule has 0 fully saturated rings. The van der Waals surface area contributed by atoms with Gasteiger partial charge < -0.3 is 0 Å². The van der Waals surface area contributed by atoms with Crippen molar-refractivity contribution < 1.29 is 4.79 Å². The molecule has 1 aromatic rings. The third-order valence-corrected chi connectivity index (χ3v) is 6.33. The van der Waals surface area contributed by atoms with Crippen LogP contribution in [0.4, 0.5) is 0 Å². The smallest absolute Gasteiger partial charge is 0.276 e. The number of hydrogen-bond acceptors (Lipinski definition) is 5. The van der Waals surface area contributed by atoms with E-state index < -0.39 is 0 Å². The van der Waals surface area contributed by atoms with E-state index in [1.807, 2.05) is 29.3 Å². The molecular weight excluding hydrogens is 356 g/mol. The molecular formula is C21H26N4OS. The maximum Gasteiger partial charge on any atom is 0.276 e. The van der Waals surface area contributed by atoms with Crippen molar-refractivity contribution in [1.29, 1.82) is 0 Å². The molecule has 1 N–H and O–H groups in total. The van der Waals surface area contributed by atoms with E-state index in [0.29, 0.717) is 16.8 Å². The van der Waals surface area contributed by atoms with Crippen LogP contribution in [-0.4, -0.2) is 28.0 Å². The molecule has 142 valence electrons. The van der Waals surface area contributed by atoms with Crippen molar-refractivity contribution in [3.8, 4) is 0 Å². The molecule has 0 unspecified atom stereocenters. The molecule has 6 heteroatoms. The van der Waals surface area contributed by atoms with Gasteiger partial charge in [0.25, 0.3) is 5.91 Å². The summed E-state index contributed by atoms with van der Waals surface area (Å²) in [5.74, 6) is 1.26. The largest absolute Gasteiger partial charge is 0.298 e. The number of benzene rings is 1. The predicted molar refractivity (Wildman–Crippen MR) is 110 cm³/mol. The molecule has 3 aliphatic rings. The minimum absolute atomic E-state index is 0.0705. The monoisotopic (exact) mass is 382 g/mol. The van der Waals surface area contributed by atoms with E-state index in [1.54, 1.807) is 11.8 Å². The fourth-order valence-electron chi connectivity index (χ4n) is 3.79. The number of hydrazone groups is 1. The number of nitrogens with one attached hydrogen (secondary N) is 1. The van der Waals surface area contributed by atoms with Gasteiger partial charge in [-0.3, -0.25) is 15.1 Å². The van der Waals surface area contributed by atoms with Crippen LogP contribution >= 0.6 is 11.8 Å². The summed E-state index contributed by atoms with van der Waals surface area (Å²) >= 11 is 1.62. The summed E-state index contributed by atoms with van der Waals surface area (Å²) in [5, 5.41) is 12.2. The third-order valence-electron chi connectivity index (χ3n) is 5.38. The maximum absolute atomic E-state index is 13.0. The molecule has 5 nitrogen and oxygen atoms in total. The highest BCUT2D eigenvalue weighted by atomic mass is 32.2. The van der Waals surface area contributed by atoms with Crippen molar-refractivity contribution in [2.45, 2.75) is 52.1 Å². The molecule has 4 rings (SSSR count). The zero-order chi connectivity index (χ0) is 18.8. The second kappa shape index (κ2) is 7.89. The summed E-state index contributed by atoms with van der Waals surface area (Å²) in [7, 11) is 0. The Bertz CT molecular complexity index is 920. The minimum Gasteiger partial charge on any atom is -0.298 e. The van der Waals surface area contributed by atoms with Crippen LogP contribution in [0.5, 0.6) is 0 Å². The molecule has 0 saturated carbocycles. The predicted octanol–water partition coefficient (Wildman–Crippen LogP) is 2.74. The van der Waals surface area contributed by atoms with Crippen LogP contribution in [0, 0.1) is 5.92 Å². The first kappa shape index (κ1) is 18.3. The number of fused-ring (bicyclic) bond motifs is 2. The summed E-state index contributed by atoms with van der Waals surface area (Å²) in [6.07, 6.45) is 7.60. The number of amides is 1. The van der Waals surface area contributed by atoms with Crippen molar-refractivity contribution in [3.63, 3.8) is 0 Å². The van der Waals surface area contributed by atoms with Gasteiger partial charge in [-0.25, -0.2) is 5.01 Å². The molecule has 2 atom stereocenters. The molecule has 0 spiro atoms. The molecule has 2 heterocycles. The Morgan fingerprint density at radius 3 is 2.96 bits per heavy atom. The van der Waals surface area contributed by atoms with E-state index in [4.69, 9.17) is 10.1 Å². The number of amidine groups is 1. The summed E-state index contributed by atoms with van der Waals surface area (Å²) in [4.78, 5) is 18.0. The molecule has 0 saturated heterocycles. The normalized spacial score (nSPS) is 24.3. The Morgan fingerprint density at radius 1 is 1.33 bits per heavy atom. The molecule has 2 aliphatic heterocycles. The summed E-state index contributed by atoms with van der Waals surface area (Å²) in [5.41, 5.74) is 2.08. The van der Waals surface area contributed by atoms with E-state index >= 15 is 0 Å². The maximum atomic E-state index is 13.0. The van der Waals surface area contributed by atoms with Crippen LogP contribution < -0.4 is 15.9 Å². The first-order valence-electron chi connectivity index (χ1n) is 9.82. The number of carbonyl (C=O) groups is 1. The lowest BCUT2D eigenvalue weighted by Gasteiger charge is -2.38. The van der Waals surface area contributed by atoms with Crippen molar-refractivity contribution in [2.24, 2.45) is 16.0 Å². The number of allylic oxidation sites excluding steroid dienone is 2. The van der Waals surface area contributed by atoms with Gasteiger partial charge in [-0.1, -0.05) is 55.0 Å². The van der Waals surface area contributed by atoms with Gasteiger partial charge in [0.05, 0.1) is 5.36 Å². The number of unbranched alkanes of at least 4 members (excludes halogenated alkanes) is 1. The van der Waals surface area contributed by atoms with Crippen molar-refractivity contribution in [2.75, 3.05) is 5.75 Å². The summed E-state index contributed by atoms with van der Waals surface area (Å²) < 4.78 is 0. The van der Waals surface area contributed by atoms with Crippen molar-refractivity contribution in [3.05, 3.63) is 46.5 Å². The number of carbonyl (C=O) groups excluding carboxylic acids is 1. The third kappa shape index (κ3) is 3.68. The zero-order valence-electron chi connectivity index (χ0n) is 15.9. The second-order valence-electron chi connectivity index (χ2n) is 7.40. The van der Waals surface area contributed by atoms with Gasteiger partial charge in [-0.2, -0.15) is 0 Å². The van der Waals surface area contributed by atoms with Crippen molar-refractivity contribution >= 4 is 28.5 Å². The number of nitrogens with zero attached hydrogens (tertiary/aromatic N) is 3. The number of rotatable bonds is 4. The number of para-hydroxylation sites is 1. The van der Waals surface area contributed by atoms with Crippen LogP contribution in [0.25, 0.3) is 5.70 Å².